The predicted octanol–water partition coefficient (Wildman–Crippen LogP) is 20.1. The van der Waals surface area contributed by atoms with Gasteiger partial charge in [0.25, 0.3) is 0 Å². The molecule has 2 aliphatic heterocycles. The van der Waals surface area contributed by atoms with Crippen LogP contribution in [0.25, 0.3) is 43.1 Å². The molecule has 18 rings (SSSR count). The first-order valence-corrected chi connectivity index (χ1v) is 43.2. The van der Waals surface area contributed by atoms with Crippen molar-refractivity contribution in [2.45, 2.75) is 31.6 Å². The van der Waals surface area contributed by atoms with E-state index in [4.69, 9.17) is 0 Å². The van der Waals surface area contributed by atoms with Crippen LogP contribution in [0.1, 0.15) is 53.8 Å². The van der Waals surface area contributed by atoms with E-state index >= 15 is 9.13 Å². The third-order valence-corrected chi connectivity index (χ3v) is 38.5. The molecule has 7 nitrogen and oxygen atoms in total. The predicted molar refractivity (Wildman–Crippen MR) is 446 cm³/mol. The minimum absolute atomic E-state index is 0. The standard InChI is InChI=1S/C51H45N2OPSi2.C42H31N2O2P.CH4/c1-55(54)52(56(44-30-14-4-15-31-44,45-32-16-5-17-33-45)46-34-18-6-19-35-46)50(42-26-10-2-11-27-42)51(43-28-12-3-13-29-43)53(55)57(47-36-20-7-21-37-47,48-38-22-8-23-39-48)49-40-24-9-25-41-49;45-47(46)43(39-27-31-19-7-9-21-33(31)35-23-11-13-25-37(35)39)41(29-15-3-1-4-16-29)42(30-17-5-2-6-18-30)44(47)40-28-32-20-8-10-22-34(32)36-24-12-14-26-38(36)40;/h2-41,50-51H,1H3;1-28,41-42H,(H,45,46);1H4/t50-,51-;41-,42-;/m11./s1. The van der Waals surface area contributed by atoms with Gasteiger partial charge in [-0.25, -0.2) is 13.2 Å². The lowest BCUT2D eigenvalue weighted by Gasteiger charge is -2.49. The maximum Gasteiger partial charge on any atom is 0.395 e. The molecule has 1 N–H and O–H groups in total. The molecule has 0 bridgehead atoms. The smallest absolute Gasteiger partial charge is 0.313 e. The van der Waals surface area contributed by atoms with Crippen molar-refractivity contribution >= 4 is 117 Å². The highest BCUT2D eigenvalue weighted by Crippen LogP contribution is 2.72. The summed E-state index contributed by atoms with van der Waals surface area (Å²) >= 11 is 0. The van der Waals surface area contributed by atoms with Crippen molar-refractivity contribution in [2.24, 2.45) is 0 Å². The Hall–Kier alpha value is -11.1. The van der Waals surface area contributed by atoms with Crippen molar-refractivity contribution in [1.82, 2.24) is 8.67 Å². The molecule has 0 amide bonds. The van der Waals surface area contributed by atoms with E-state index in [-0.39, 0.29) is 19.5 Å². The van der Waals surface area contributed by atoms with E-state index in [9.17, 15) is 4.89 Å². The summed E-state index contributed by atoms with van der Waals surface area (Å²) in [5.74, 6) is 0. The fourth-order valence-corrected chi connectivity index (χ4v) is 37.6. The van der Waals surface area contributed by atoms with Crippen LogP contribution in [0, 0.1) is 0 Å². The van der Waals surface area contributed by atoms with E-state index in [0.29, 0.717) is 0 Å². The minimum atomic E-state index is -4.35. The van der Waals surface area contributed by atoms with E-state index in [0.717, 1.165) is 76.7 Å². The first-order valence-electron chi connectivity index (χ1n) is 35.6. The van der Waals surface area contributed by atoms with Gasteiger partial charge in [-0.2, -0.15) is 0 Å². The van der Waals surface area contributed by atoms with E-state index in [1.165, 1.54) is 31.1 Å². The minimum Gasteiger partial charge on any atom is -0.313 e. The number of anilines is 2. The molecule has 2 heterocycles. The third kappa shape index (κ3) is 11.6. The highest BCUT2D eigenvalue weighted by atomic mass is 31.2. The molecule has 16 aromatic carbocycles. The Labute approximate surface area is 618 Å². The summed E-state index contributed by atoms with van der Waals surface area (Å²) in [6.07, 6.45) is 0. The number of hydrogen-bond acceptors (Lipinski definition) is 2. The van der Waals surface area contributed by atoms with Gasteiger partial charge < -0.3 is 4.89 Å². The maximum absolute atomic E-state index is 17.9. The Bertz CT molecular complexity index is 5250. The number of hydrogen-bond donors (Lipinski definition) is 1. The first-order chi connectivity index (χ1) is 51.2. The summed E-state index contributed by atoms with van der Waals surface area (Å²) in [5, 5.41) is 15.5. The van der Waals surface area contributed by atoms with Crippen LogP contribution in [0.3, 0.4) is 0 Å². The van der Waals surface area contributed by atoms with Gasteiger partial charge >= 0.3 is 7.67 Å². The summed E-state index contributed by atoms with van der Waals surface area (Å²) < 4.78 is 42.6. The Morgan fingerprint density at radius 1 is 0.257 bits per heavy atom. The summed E-state index contributed by atoms with van der Waals surface area (Å²) in [6, 6.07) is 144. The van der Waals surface area contributed by atoms with E-state index < -0.39 is 43.7 Å². The molecular weight excluding hydrogens is 1350 g/mol. The summed E-state index contributed by atoms with van der Waals surface area (Å²) in [7, 11) is -14.8. The average molecular weight is 1430 g/mol. The van der Waals surface area contributed by atoms with Gasteiger partial charge in [0.05, 0.1) is 35.5 Å². The second-order valence-corrected chi connectivity index (χ2v) is 39.5. The average Bonchev–Trinajstić information content (AvgIpc) is 1.52. The van der Waals surface area contributed by atoms with E-state index in [1.54, 1.807) is 0 Å². The van der Waals surface area contributed by atoms with Crippen molar-refractivity contribution in [3.8, 4) is 0 Å². The normalized spacial score (nSPS) is 17.3. The number of nitrogens with zero attached hydrogens (tertiary/aromatic N) is 4. The number of benzene rings is 16. The Kier molecular flexibility index (Phi) is 18.8. The molecule has 2 aliphatic rings. The fourth-order valence-electron chi connectivity index (χ4n) is 17.3. The van der Waals surface area contributed by atoms with Gasteiger partial charge in [-0.3, -0.25) is 13.9 Å². The van der Waals surface area contributed by atoms with Gasteiger partial charge in [0, 0.05) is 17.4 Å². The van der Waals surface area contributed by atoms with Gasteiger partial charge in [-0.15, -0.1) is 0 Å². The Morgan fingerprint density at radius 2 is 0.457 bits per heavy atom. The topological polar surface area (TPSA) is 67.3 Å². The molecule has 0 radical (unpaired) electrons. The lowest BCUT2D eigenvalue weighted by Crippen LogP contribution is -2.77. The summed E-state index contributed by atoms with van der Waals surface area (Å²) in [6.45, 7) is 2.10. The van der Waals surface area contributed by atoms with Crippen molar-refractivity contribution in [2.75, 3.05) is 16.0 Å². The highest BCUT2D eigenvalue weighted by Gasteiger charge is 2.69. The number of fused-ring (bicyclic) bond motifs is 6. The van der Waals surface area contributed by atoms with Crippen molar-refractivity contribution in [1.29, 1.82) is 0 Å². The highest BCUT2D eigenvalue weighted by molar-refractivity contribution is 7.65. The zero-order chi connectivity index (χ0) is 70.2. The SMILES string of the molecule is C.CP1(=O)N([Si](c2ccccc2)(c2ccccc2)c2ccccc2)[C@H](c2ccccc2)[C@@H](c2ccccc2)N1[Si](c1ccccc1)(c1ccccc1)c1ccccc1.O=P1(O)N(c2cc3ccccc3c3ccccc23)[C@H](c2ccccc2)[C@@H](c2ccccc2)N1c1cc2ccccc2c2ccccc12. The monoisotopic (exact) mass is 1430 g/mol. The molecule has 2 saturated heterocycles. The molecule has 0 aliphatic carbocycles. The van der Waals surface area contributed by atoms with Gasteiger partial charge in [0.2, 0.25) is 23.9 Å². The molecule has 105 heavy (non-hydrogen) atoms. The van der Waals surface area contributed by atoms with Crippen LogP contribution in [0.4, 0.5) is 11.4 Å². The van der Waals surface area contributed by atoms with Crippen LogP contribution in [0.15, 0.2) is 413 Å². The zero-order valence-electron chi connectivity index (χ0n) is 57.5. The molecular formula is C94H80N4O3P2Si2. The summed E-state index contributed by atoms with van der Waals surface area (Å²) in [5.41, 5.74) is 5.72. The van der Waals surface area contributed by atoms with Crippen LogP contribution < -0.4 is 40.5 Å². The maximum atomic E-state index is 17.9. The molecule has 0 spiro atoms. The van der Waals surface area contributed by atoms with Gasteiger partial charge in [0.15, 0.2) is 0 Å². The van der Waals surface area contributed by atoms with Gasteiger partial charge in [-0.1, -0.05) is 408 Å². The van der Waals surface area contributed by atoms with Crippen LogP contribution >= 0.6 is 15.1 Å². The van der Waals surface area contributed by atoms with Crippen LogP contribution in [0.5, 0.6) is 0 Å². The second-order valence-electron chi connectivity index (χ2n) is 27.1. The molecule has 16 aromatic rings. The molecule has 0 saturated carbocycles. The largest absolute Gasteiger partial charge is 0.395 e. The van der Waals surface area contributed by atoms with Crippen LogP contribution in [-0.2, 0) is 9.13 Å². The second kappa shape index (κ2) is 28.9. The first kappa shape index (κ1) is 68.4. The lowest BCUT2D eigenvalue weighted by atomic mass is 9.91. The lowest BCUT2D eigenvalue weighted by molar-refractivity contribution is 0.387. The third-order valence-electron chi connectivity index (χ3n) is 21.4. The zero-order valence-corrected chi connectivity index (χ0v) is 61.3. The van der Waals surface area contributed by atoms with Crippen LogP contribution in [-0.4, -0.2) is 36.7 Å². The molecule has 2 fully saturated rings. The molecule has 0 unspecified atom stereocenters. The van der Waals surface area contributed by atoms with E-state index in [2.05, 4.69) is 343 Å². The van der Waals surface area contributed by atoms with E-state index in [1.807, 2.05) is 94.3 Å². The Balaban J connectivity index is 0.000000163. The van der Waals surface area contributed by atoms with Gasteiger partial charge in [-0.05, 0) is 97.8 Å². The number of rotatable bonds is 14. The van der Waals surface area contributed by atoms with Crippen LogP contribution in [0.2, 0.25) is 0 Å². The fraction of sp³-hybridized carbons (Fsp3) is 0.0638. The molecule has 11 heteroatoms. The molecule has 0 aromatic heterocycles. The quantitative estimate of drug-likeness (QED) is 0.0504. The van der Waals surface area contributed by atoms with Gasteiger partial charge in [0.1, 0.15) is 0 Å². The molecule has 4 atom stereocenters. The van der Waals surface area contributed by atoms with Crippen molar-refractivity contribution in [3.05, 3.63) is 435 Å². The van der Waals surface area contributed by atoms with Crippen molar-refractivity contribution in [3.63, 3.8) is 0 Å². The Morgan fingerprint density at radius 3 is 0.714 bits per heavy atom. The molecule has 512 valence electrons. The summed E-state index contributed by atoms with van der Waals surface area (Å²) in [4.78, 5) is 13.0. The van der Waals surface area contributed by atoms with Crippen molar-refractivity contribution < 1.29 is 14.0 Å².